The number of nitrogens with one attached hydrogen (secondary N) is 1. The molecule has 1 aromatic carbocycles. The molecule has 0 aromatic heterocycles. The maximum Gasteiger partial charge on any atom is 0.161 e. The molecular weight excluding hydrogens is 282 g/mol. The standard InChI is InChI=1S/C13H20BrNO2/c1-5-9(2)15-8-10-6-12(16-3)13(17-4)7-11(10)14/h6-7,9,15H,5,8H2,1-4H3. The van der Waals surface area contributed by atoms with Gasteiger partial charge >= 0.3 is 0 Å². The van der Waals surface area contributed by atoms with Gasteiger partial charge in [0.25, 0.3) is 0 Å². The van der Waals surface area contributed by atoms with Crippen LogP contribution in [0.25, 0.3) is 0 Å². The van der Waals surface area contributed by atoms with E-state index in [1.165, 1.54) is 5.56 Å². The molecule has 4 heteroatoms. The van der Waals surface area contributed by atoms with E-state index in [2.05, 4.69) is 35.1 Å². The molecule has 0 aliphatic rings. The minimum Gasteiger partial charge on any atom is -0.493 e. The van der Waals surface area contributed by atoms with Gasteiger partial charge in [0.1, 0.15) is 0 Å². The minimum atomic E-state index is 0.509. The van der Waals surface area contributed by atoms with Crippen molar-refractivity contribution in [1.82, 2.24) is 5.32 Å². The molecule has 1 aromatic rings. The van der Waals surface area contributed by atoms with E-state index in [9.17, 15) is 0 Å². The summed E-state index contributed by atoms with van der Waals surface area (Å²) in [5.74, 6) is 1.50. The molecule has 1 unspecified atom stereocenters. The van der Waals surface area contributed by atoms with Gasteiger partial charge in [0.05, 0.1) is 14.2 Å². The number of benzene rings is 1. The zero-order valence-electron chi connectivity index (χ0n) is 10.8. The van der Waals surface area contributed by atoms with Crippen LogP contribution in [0.1, 0.15) is 25.8 Å². The Bertz CT molecular complexity index is 369. The van der Waals surface area contributed by atoms with Crippen LogP contribution in [0.15, 0.2) is 16.6 Å². The SMILES string of the molecule is CCC(C)NCc1cc(OC)c(OC)cc1Br. The van der Waals surface area contributed by atoms with E-state index in [1.54, 1.807) is 14.2 Å². The average molecular weight is 302 g/mol. The fourth-order valence-corrected chi connectivity index (χ4v) is 1.92. The molecule has 0 aliphatic carbocycles. The summed E-state index contributed by atoms with van der Waals surface area (Å²) < 4.78 is 11.6. The first-order chi connectivity index (χ1) is 8.12. The highest BCUT2D eigenvalue weighted by Crippen LogP contribution is 2.33. The predicted octanol–water partition coefficient (Wildman–Crippen LogP) is 3.35. The molecule has 0 spiro atoms. The molecule has 0 saturated carbocycles. The summed E-state index contributed by atoms with van der Waals surface area (Å²) >= 11 is 3.55. The molecule has 0 fully saturated rings. The van der Waals surface area contributed by atoms with Crippen molar-refractivity contribution >= 4 is 15.9 Å². The van der Waals surface area contributed by atoms with Crippen molar-refractivity contribution in [2.75, 3.05) is 14.2 Å². The Labute approximate surface area is 112 Å². The monoisotopic (exact) mass is 301 g/mol. The number of rotatable bonds is 6. The van der Waals surface area contributed by atoms with Gasteiger partial charge in [0.2, 0.25) is 0 Å². The minimum absolute atomic E-state index is 0.509. The van der Waals surface area contributed by atoms with Crippen molar-refractivity contribution in [1.29, 1.82) is 0 Å². The van der Waals surface area contributed by atoms with Gasteiger partial charge in [-0.05, 0) is 31.0 Å². The first-order valence-electron chi connectivity index (χ1n) is 5.76. The molecular formula is C13H20BrNO2. The molecule has 1 atom stereocenters. The van der Waals surface area contributed by atoms with Gasteiger partial charge in [-0.15, -0.1) is 0 Å². The van der Waals surface area contributed by atoms with Gasteiger partial charge in [0.15, 0.2) is 11.5 Å². The smallest absolute Gasteiger partial charge is 0.161 e. The third kappa shape index (κ3) is 3.89. The normalized spacial score (nSPS) is 12.3. The van der Waals surface area contributed by atoms with Gasteiger partial charge in [0, 0.05) is 17.1 Å². The predicted molar refractivity (Wildman–Crippen MR) is 73.8 cm³/mol. The van der Waals surface area contributed by atoms with Crippen LogP contribution in [-0.4, -0.2) is 20.3 Å². The van der Waals surface area contributed by atoms with Crippen LogP contribution in [0.4, 0.5) is 0 Å². The Kier molecular flexibility index (Phi) is 5.78. The van der Waals surface area contributed by atoms with E-state index in [0.717, 1.165) is 28.9 Å². The topological polar surface area (TPSA) is 30.5 Å². The molecule has 1 rings (SSSR count). The fourth-order valence-electron chi connectivity index (χ4n) is 1.46. The summed E-state index contributed by atoms with van der Waals surface area (Å²) in [6.45, 7) is 5.16. The molecule has 96 valence electrons. The third-order valence-electron chi connectivity index (χ3n) is 2.81. The van der Waals surface area contributed by atoms with E-state index in [-0.39, 0.29) is 0 Å². The van der Waals surface area contributed by atoms with E-state index >= 15 is 0 Å². The molecule has 0 radical (unpaired) electrons. The summed E-state index contributed by atoms with van der Waals surface area (Å²) in [6.07, 6.45) is 1.12. The van der Waals surface area contributed by atoms with Crippen molar-refractivity contribution in [2.45, 2.75) is 32.9 Å². The Morgan fingerprint density at radius 1 is 1.24 bits per heavy atom. The van der Waals surface area contributed by atoms with Crippen molar-refractivity contribution in [3.63, 3.8) is 0 Å². The zero-order valence-corrected chi connectivity index (χ0v) is 12.4. The summed E-state index contributed by atoms with van der Waals surface area (Å²) in [5, 5.41) is 3.45. The lowest BCUT2D eigenvalue weighted by atomic mass is 10.1. The molecule has 0 amide bonds. The van der Waals surface area contributed by atoms with Crippen LogP contribution < -0.4 is 14.8 Å². The van der Waals surface area contributed by atoms with Crippen molar-refractivity contribution in [3.05, 3.63) is 22.2 Å². The summed E-state index contributed by atoms with van der Waals surface area (Å²) in [6, 6.07) is 4.44. The van der Waals surface area contributed by atoms with Gasteiger partial charge < -0.3 is 14.8 Å². The molecule has 0 aliphatic heterocycles. The Morgan fingerprint density at radius 2 is 1.82 bits per heavy atom. The lowest BCUT2D eigenvalue weighted by molar-refractivity contribution is 0.354. The second-order valence-corrected chi connectivity index (χ2v) is 4.84. The van der Waals surface area contributed by atoms with Crippen LogP contribution in [0.2, 0.25) is 0 Å². The second kappa shape index (κ2) is 6.87. The third-order valence-corrected chi connectivity index (χ3v) is 3.54. The number of ether oxygens (including phenoxy) is 2. The highest BCUT2D eigenvalue weighted by molar-refractivity contribution is 9.10. The Balaban J connectivity index is 2.85. The van der Waals surface area contributed by atoms with Gasteiger partial charge in [-0.1, -0.05) is 22.9 Å². The van der Waals surface area contributed by atoms with Crippen molar-refractivity contribution in [2.24, 2.45) is 0 Å². The number of methoxy groups -OCH3 is 2. The van der Waals surface area contributed by atoms with Crippen LogP contribution in [0, 0.1) is 0 Å². The first kappa shape index (κ1) is 14.3. The molecule has 17 heavy (non-hydrogen) atoms. The molecule has 0 heterocycles. The van der Waals surface area contributed by atoms with Gasteiger partial charge in [-0.3, -0.25) is 0 Å². The first-order valence-corrected chi connectivity index (χ1v) is 6.55. The van der Waals surface area contributed by atoms with E-state index < -0.39 is 0 Å². The Morgan fingerprint density at radius 3 is 2.35 bits per heavy atom. The van der Waals surface area contributed by atoms with Crippen LogP contribution in [0.3, 0.4) is 0 Å². The lowest BCUT2D eigenvalue weighted by Gasteiger charge is -2.15. The average Bonchev–Trinajstić information content (AvgIpc) is 2.36. The van der Waals surface area contributed by atoms with E-state index in [4.69, 9.17) is 9.47 Å². The number of hydrogen-bond acceptors (Lipinski definition) is 3. The number of halogens is 1. The van der Waals surface area contributed by atoms with Crippen LogP contribution in [0.5, 0.6) is 11.5 Å². The van der Waals surface area contributed by atoms with Crippen molar-refractivity contribution < 1.29 is 9.47 Å². The molecule has 0 bridgehead atoms. The molecule has 0 saturated heterocycles. The van der Waals surface area contributed by atoms with E-state index in [1.807, 2.05) is 12.1 Å². The van der Waals surface area contributed by atoms with Crippen molar-refractivity contribution in [3.8, 4) is 11.5 Å². The van der Waals surface area contributed by atoms with Gasteiger partial charge in [-0.25, -0.2) is 0 Å². The largest absolute Gasteiger partial charge is 0.493 e. The highest BCUT2D eigenvalue weighted by atomic mass is 79.9. The second-order valence-electron chi connectivity index (χ2n) is 3.99. The quantitative estimate of drug-likeness (QED) is 0.874. The molecule has 1 N–H and O–H groups in total. The lowest BCUT2D eigenvalue weighted by Crippen LogP contribution is -2.24. The summed E-state index contributed by atoms with van der Waals surface area (Å²) in [4.78, 5) is 0. The zero-order chi connectivity index (χ0) is 12.8. The highest BCUT2D eigenvalue weighted by Gasteiger charge is 2.09. The molecule has 3 nitrogen and oxygen atoms in total. The maximum absolute atomic E-state index is 5.29. The number of hydrogen-bond donors (Lipinski definition) is 1. The van der Waals surface area contributed by atoms with Gasteiger partial charge in [-0.2, -0.15) is 0 Å². The fraction of sp³-hybridized carbons (Fsp3) is 0.538. The van der Waals surface area contributed by atoms with Crippen LogP contribution >= 0.6 is 15.9 Å². The summed E-state index contributed by atoms with van der Waals surface area (Å²) in [5.41, 5.74) is 1.17. The van der Waals surface area contributed by atoms with Crippen LogP contribution in [-0.2, 0) is 6.54 Å². The van der Waals surface area contributed by atoms with E-state index in [0.29, 0.717) is 6.04 Å². The Hall–Kier alpha value is -0.740. The maximum atomic E-state index is 5.29. The summed E-state index contributed by atoms with van der Waals surface area (Å²) in [7, 11) is 3.29.